The first kappa shape index (κ1) is 15.7. The first-order valence-electron chi connectivity index (χ1n) is 8.51. The number of rotatable bonds is 5. The zero-order chi connectivity index (χ0) is 16.9. The van der Waals surface area contributed by atoms with Gasteiger partial charge in [0, 0.05) is 37.6 Å². The molecule has 0 spiro atoms. The molecule has 1 aromatic carbocycles. The Balaban J connectivity index is 1.46. The van der Waals surface area contributed by atoms with Crippen molar-refractivity contribution >= 4 is 11.5 Å². The van der Waals surface area contributed by atoms with Crippen LogP contribution in [0, 0.1) is 0 Å². The molecule has 25 heavy (non-hydrogen) atoms. The molecule has 6 nitrogen and oxygen atoms in total. The van der Waals surface area contributed by atoms with Crippen molar-refractivity contribution in [2.24, 2.45) is 0 Å². The number of benzene rings is 1. The van der Waals surface area contributed by atoms with Crippen molar-refractivity contribution in [2.75, 3.05) is 36.5 Å². The van der Waals surface area contributed by atoms with Crippen molar-refractivity contribution in [3.63, 3.8) is 0 Å². The summed E-state index contributed by atoms with van der Waals surface area (Å²) in [5, 5.41) is 7.94. The average molecular weight is 335 g/mol. The summed E-state index contributed by atoms with van der Waals surface area (Å²) in [4.78, 5) is 6.82. The molecule has 2 aromatic heterocycles. The molecule has 1 N–H and O–H groups in total. The molecule has 0 amide bonds. The van der Waals surface area contributed by atoms with E-state index >= 15 is 0 Å². The van der Waals surface area contributed by atoms with Crippen molar-refractivity contribution in [1.82, 2.24) is 14.8 Å². The van der Waals surface area contributed by atoms with Gasteiger partial charge in [0.1, 0.15) is 0 Å². The van der Waals surface area contributed by atoms with Crippen molar-refractivity contribution < 1.29 is 4.74 Å². The van der Waals surface area contributed by atoms with Gasteiger partial charge in [-0.2, -0.15) is 5.10 Å². The molecule has 0 atom stereocenters. The van der Waals surface area contributed by atoms with E-state index < -0.39 is 0 Å². The van der Waals surface area contributed by atoms with Crippen LogP contribution in [0.3, 0.4) is 0 Å². The van der Waals surface area contributed by atoms with Crippen molar-refractivity contribution in [1.29, 1.82) is 0 Å². The lowest BCUT2D eigenvalue weighted by Gasteiger charge is -2.29. The summed E-state index contributed by atoms with van der Waals surface area (Å²) in [5.74, 6) is 0.987. The summed E-state index contributed by atoms with van der Waals surface area (Å²) in [6.07, 6.45) is 5.78. The first-order valence-corrected chi connectivity index (χ1v) is 8.51. The Labute approximate surface area is 147 Å². The van der Waals surface area contributed by atoms with E-state index in [1.54, 1.807) is 0 Å². The molecule has 128 valence electrons. The number of anilines is 2. The molecule has 0 unspecified atom stereocenters. The van der Waals surface area contributed by atoms with Gasteiger partial charge >= 0.3 is 0 Å². The van der Waals surface area contributed by atoms with E-state index in [2.05, 4.69) is 26.4 Å². The van der Waals surface area contributed by atoms with Crippen LogP contribution in [0.15, 0.2) is 61.1 Å². The lowest BCUT2D eigenvalue weighted by Crippen LogP contribution is -2.37. The van der Waals surface area contributed by atoms with Crippen molar-refractivity contribution in [2.45, 2.75) is 6.54 Å². The number of hydrogen-bond acceptors (Lipinski definition) is 5. The van der Waals surface area contributed by atoms with Gasteiger partial charge in [0.25, 0.3) is 0 Å². The standard InChI is InChI=1S/C19H21N5O/c1-2-5-17(6-3-1)24-15-16(14-22-24)13-21-18-7-4-8-20-19(18)23-9-11-25-12-10-23/h1-8,14-15,21H,9-13H2. The molecule has 1 saturated heterocycles. The number of pyridine rings is 1. The third-order valence-corrected chi connectivity index (χ3v) is 4.24. The van der Waals surface area contributed by atoms with E-state index in [4.69, 9.17) is 4.74 Å². The Kier molecular flexibility index (Phi) is 4.61. The molecule has 0 bridgehead atoms. The topological polar surface area (TPSA) is 55.2 Å². The van der Waals surface area contributed by atoms with Crippen molar-refractivity contribution in [3.8, 4) is 5.69 Å². The fraction of sp³-hybridized carbons (Fsp3) is 0.263. The molecule has 3 aromatic rings. The van der Waals surface area contributed by atoms with E-state index in [0.29, 0.717) is 6.54 Å². The maximum Gasteiger partial charge on any atom is 0.152 e. The van der Waals surface area contributed by atoms with Crippen LogP contribution in [0.25, 0.3) is 5.69 Å². The number of nitrogens with one attached hydrogen (secondary N) is 1. The third kappa shape index (κ3) is 3.64. The molecule has 6 heteroatoms. The minimum atomic E-state index is 0.704. The predicted molar refractivity (Wildman–Crippen MR) is 98.2 cm³/mol. The molecular formula is C19H21N5O. The Morgan fingerprint density at radius 3 is 2.72 bits per heavy atom. The second-order valence-corrected chi connectivity index (χ2v) is 5.96. The van der Waals surface area contributed by atoms with Gasteiger partial charge in [-0.3, -0.25) is 0 Å². The molecule has 3 heterocycles. The van der Waals surface area contributed by atoms with Crippen molar-refractivity contribution in [3.05, 3.63) is 66.6 Å². The summed E-state index contributed by atoms with van der Waals surface area (Å²) in [7, 11) is 0. The summed E-state index contributed by atoms with van der Waals surface area (Å²) in [5.41, 5.74) is 3.22. The fourth-order valence-electron chi connectivity index (χ4n) is 2.93. The highest BCUT2D eigenvalue weighted by atomic mass is 16.5. The van der Waals surface area contributed by atoms with Crippen LogP contribution < -0.4 is 10.2 Å². The van der Waals surface area contributed by atoms with Gasteiger partial charge in [0.05, 0.1) is 30.8 Å². The highest BCUT2D eigenvalue weighted by molar-refractivity contribution is 5.65. The molecule has 1 aliphatic rings. The fourth-order valence-corrected chi connectivity index (χ4v) is 2.93. The minimum absolute atomic E-state index is 0.704. The number of para-hydroxylation sites is 1. The van der Waals surface area contributed by atoms with Gasteiger partial charge in [-0.1, -0.05) is 18.2 Å². The quantitative estimate of drug-likeness (QED) is 0.777. The van der Waals surface area contributed by atoms with Crippen LogP contribution >= 0.6 is 0 Å². The maximum absolute atomic E-state index is 5.43. The molecule has 1 aliphatic heterocycles. The average Bonchev–Trinajstić information content (AvgIpc) is 3.17. The van der Waals surface area contributed by atoms with E-state index in [9.17, 15) is 0 Å². The predicted octanol–water partition coefficient (Wildman–Crippen LogP) is 2.72. The Morgan fingerprint density at radius 1 is 1.04 bits per heavy atom. The monoisotopic (exact) mass is 335 g/mol. The Morgan fingerprint density at radius 2 is 1.88 bits per heavy atom. The molecule has 0 aliphatic carbocycles. The van der Waals surface area contributed by atoms with Gasteiger partial charge in [0.2, 0.25) is 0 Å². The number of morpholine rings is 1. The Hall–Kier alpha value is -2.86. The lowest BCUT2D eigenvalue weighted by atomic mass is 10.3. The molecule has 0 radical (unpaired) electrons. The van der Waals surface area contributed by atoms with E-state index in [1.807, 2.05) is 59.7 Å². The summed E-state index contributed by atoms with van der Waals surface area (Å²) in [6, 6.07) is 14.1. The third-order valence-electron chi connectivity index (χ3n) is 4.24. The minimum Gasteiger partial charge on any atom is -0.378 e. The van der Waals surface area contributed by atoms with E-state index in [-0.39, 0.29) is 0 Å². The molecular weight excluding hydrogens is 314 g/mol. The van der Waals surface area contributed by atoms with Crippen LogP contribution in [0.5, 0.6) is 0 Å². The highest BCUT2D eigenvalue weighted by Gasteiger charge is 2.15. The van der Waals surface area contributed by atoms with Crippen LogP contribution in [0.4, 0.5) is 11.5 Å². The second-order valence-electron chi connectivity index (χ2n) is 5.96. The number of nitrogens with zero attached hydrogens (tertiary/aromatic N) is 4. The summed E-state index contributed by atoms with van der Waals surface area (Å²) < 4.78 is 7.33. The van der Waals surface area contributed by atoms with Gasteiger partial charge in [-0.15, -0.1) is 0 Å². The highest BCUT2D eigenvalue weighted by Crippen LogP contribution is 2.24. The Bertz CT molecular complexity index is 811. The van der Waals surface area contributed by atoms with Crippen LogP contribution in [-0.4, -0.2) is 41.1 Å². The lowest BCUT2D eigenvalue weighted by molar-refractivity contribution is 0.122. The zero-order valence-corrected chi connectivity index (χ0v) is 14.0. The van der Waals surface area contributed by atoms with Crippen LogP contribution in [-0.2, 0) is 11.3 Å². The van der Waals surface area contributed by atoms with Crippen LogP contribution in [0.2, 0.25) is 0 Å². The largest absolute Gasteiger partial charge is 0.378 e. The van der Waals surface area contributed by atoms with Gasteiger partial charge in [0.15, 0.2) is 5.82 Å². The molecule has 4 rings (SSSR count). The van der Waals surface area contributed by atoms with Gasteiger partial charge in [-0.05, 0) is 24.3 Å². The van der Waals surface area contributed by atoms with Crippen LogP contribution in [0.1, 0.15) is 5.56 Å². The summed E-state index contributed by atoms with van der Waals surface area (Å²) >= 11 is 0. The summed E-state index contributed by atoms with van der Waals surface area (Å²) in [6.45, 7) is 3.95. The molecule has 0 saturated carbocycles. The number of ether oxygens (including phenoxy) is 1. The smallest absolute Gasteiger partial charge is 0.152 e. The number of aromatic nitrogens is 3. The van der Waals surface area contributed by atoms with E-state index in [0.717, 1.165) is 49.1 Å². The van der Waals surface area contributed by atoms with Gasteiger partial charge < -0.3 is 15.0 Å². The SMILES string of the molecule is c1ccc(-n2cc(CNc3cccnc3N3CCOCC3)cn2)cc1. The molecule has 1 fully saturated rings. The normalized spacial score (nSPS) is 14.5. The first-order chi connectivity index (χ1) is 12.4. The second kappa shape index (κ2) is 7.36. The maximum atomic E-state index is 5.43. The van der Waals surface area contributed by atoms with Gasteiger partial charge in [-0.25, -0.2) is 9.67 Å². The zero-order valence-electron chi connectivity index (χ0n) is 14.0. The van der Waals surface area contributed by atoms with E-state index in [1.165, 1.54) is 0 Å². The number of hydrogen-bond donors (Lipinski definition) is 1.